The van der Waals surface area contributed by atoms with Crippen molar-refractivity contribution in [3.8, 4) is 0 Å². The van der Waals surface area contributed by atoms with Crippen molar-refractivity contribution in [1.82, 2.24) is 0 Å². The van der Waals surface area contributed by atoms with Crippen LogP contribution in [-0.2, 0) is 26.1 Å². The van der Waals surface area contributed by atoms with Gasteiger partial charge < -0.3 is 0 Å². The molecule has 1 atom stereocenters. The van der Waals surface area contributed by atoms with Crippen molar-refractivity contribution < 1.29 is 21.6 Å². The molecule has 0 fully saturated rings. The van der Waals surface area contributed by atoms with E-state index >= 15 is 0 Å². The van der Waals surface area contributed by atoms with Gasteiger partial charge >= 0.3 is 0 Å². The highest BCUT2D eigenvalue weighted by molar-refractivity contribution is 7.95. The van der Waals surface area contributed by atoms with Crippen molar-refractivity contribution in [1.29, 1.82) is 0 Å². The minimum atomic E-state index is -3.79. The van der Waals surface area contributed by atoms with E-state index in [4.69, 9.17) is 0 Å². The number of aryl methyl sites for hydroxylation is 1. The highest BCUT2D eigenvalue weighted by Gasteiger charge is 2.29. The summed E-state index contributed by atoms with van der Waals surface area (Å²) in [6.45, 7) is 3.28. The predicted molar refractivity (Wildman–Crippen MR) is 83.1 cm³/mol. The van der Waals surface area contributed by atoms with Crippen molar-refractivity contribution in [3.05, 3.63) is 35.4 Å². The molecule has 0 N–H and O–H groups in total. The smallest absolute Gasteiger partial charge is 0.180 e. The average Bonchev–Trinajstić information content (AvgIpc) is 2.43. The fourth-order valence-corrected chi connectivity index (χ4v) is 4.70. The number of carbonyl (C=O) groups excluding carboxylic acids is 1. The number of sulfone groups is 2. The molecule has 0 heterocycles. The number of Topliss-reactive ketones (excluding diaryl/α,β-unsaturated/α-hetero) is 1. The van der Waals surface area contributed by atoms with Crippen LogP contribution in [-0.4, -0.2) is 45.6 Å². The van der Waals surface area contributed by atoms with Crippen LogP contribution >= 0.6 is 0 Å². The molecule has 7 heteroatoms. The minimum absolute atomic E-state index is 0.322. The normalized spacial score (nSPS) is 13.9. The summed E-state index contributed by atoms with van der Waals surface area (Å²) in [6.07, 6.45) is 1.80. The van der Waals surface area contributed by atoms with Gasteiger partial charge in [-0.25, -0.2) is 16.8 Å². The number of carbonyl (C=O) groups is 1. The van der Waals surface area contributed by atoms with Crippen LogP contribution in [0.3, 0.4) is 0 Å². The maximum atomic E-state index is 12.2. The molecule has 0 radical (unpaired) electrons. The first-order valence-electron chi connectivity index (χ1n) is 6.59. The topological polar surface area (TPSA) is 85.3 Å². The molecule has 5 nitrogen and oxygen atoms in total. The lowest BCUT2D eigenvalue weighted by molar-refractivity contribution is 0.0991. The second-order valence-electron chi connectivity index (χ2n) is 5.05. The van der Waals surface area contributed by atoms with Crippen LogP contribution in [0.4, 0.5) is 0 Å². The summed E-state index contributed by atoms with van der Waals surface area (Å²) in [5.74, 6) is -1.51. The molecule has 0 amide bonds. The van der Waals surface area contributed by atoms with Gasteiger partial charge in [-0.1, -0.05) is 31.2 Å². The van der Waals surface area contributed by atoms with Crippen LogP contribution in [0.2, 0.25) is 0 Å². The van der Waals surface area contributed by atoms with Gasteiger partial charge in [-0.05, 0) is 18.9 Å². The Kier molecular flexibility index (Phi) is 5.69. The molecule has 1 rings (SSSR count). The van der Waals surface area contributed by atoms with Gasteiger partial charge in [-0.2, -0.15) is 0 Å². The van der Waals surface area contributed by atoms with E-state index < -0.39 is 42.2 Å². The molecular weight excluding hydrogens is 312 g/mol. The third kappa shape index (κ3) is 5.24. The average molecular weight is 332 g/mol. The molecular formula is C14H20O5S2. The van der Waals surface area contributed by atoms with E-state index in [-0.39, 0.29) is 0 Å². The van der Waals surface area contributed by atoms with Gasteiger partial charge in [0.05, 0.1) is 11.5 Å². The Morgan fingerprint density at radius 3 is 2.00 bits per heavy atom. The summed E-state index contributed by atoms with van der Waals surface area (Å²) in [4.78, 5) is 12.2. The second kappa shape index (κ2) is 6.70. The van der Waals surface area contributed by atoms with Crippen molar-refractivity contribution >= 4 is 25.5 Å². The molecule has 0 saturated heterocycles. The lowest BCUT2D eigenvalue weighted by Crippen LogP contribution is -2.31. The van der Waals surface area contributed by atoms with Crippen molar-refractivity contribution in [2.24, 2.45) is 0 Å². The molecule has 0 aliphatic carbocycles. The Morgan fingerprint density at radius 2 is 1.57 bits per heavy atom. The maximum Gasteiger partial charge on any atom is 0.180 e. The van der Waals surface area contributed by atoms with Gasteiger partial charge in [-0.3, -0.25) is 4.79 Å². The van der Waals surface area contributed by atoms with Crippen LogP contribution in [0.25, 0.3) is 0 Å². The van der Waals surface area contributed by atoms with Gasteiger partial charge in [0, 0.05) is 11.8 Å². The summed E-state index contributed by atoms with van der Waals surface area (Å²) in [5.41, 5.74) is 1.38. The van der Waals surface area contributed by atoms with E-state index in [1.54, 1.807) is 24.3 Å². The number of rotatable bonds is 7. The Hall–Kier alpha value is -1.21. The van der Waals surface area contributed by atoms with Crippen LogP contribution in [0.1, 0.15) is 29.8 Å². The highest BCUT2D eigenvalue weighted by atomic mass is 32.2. The quantitative estimate of drug-likeness (QED) is 0.702. The van der Waals surface area contributed by atoms with E-state index in [2.05, 4.69) is 0 Å². The minimum Gasteiger partial charge on any atom is -0.293 e. The molecule has 1 aromatic rings. The third-order valence-electron chi connectivity index (χ3n) is 3.29. The molecule has 1 unspecified atom stereocenters. The molecule has 1 aromatic carbocycles. The molecule has 21 heavy (non-hydrogen) atoms. The zero-order valence-electron chi connectivity index (χ0n) is 12.4. The summed E-state index contributed by atoms with van der Waals surface area (Å²) in [6, 6.07) is 6.76. The van der Waals surface area contributed by atoms with Gasteiger partial charge in [-0.15, -0.1) is 0 Å². The number of ketones is 1. The van der Waals surface area contributed by atoms with E-state index in [0.29, 0.717) is 5.56 Å². The van der Waals surface area contributed by atoms with Gasteiger partial charge in [0.15, 0.2) is 15.6 Å². The van der Waals surface area contributed by atoms with Crippen LogP contribution in [0.5, 0.6) is 0 Å². The molecule has 0 bridgehead atoms. The standard InChI is InChI=1S/C14H20O5S2/c1-4-12-5-7-13(8-6-12)14(15)11(2)21(18,19)10-9-20(3,16)17/h5-8,11H,4,9-10H2,1-3H3. The predicted octanol–water partition coefficient (Wildman–Crippen LogP) is 1.28. The zero-order valence-corrected chi connectivity index (χ0v) is 14.0. The molecule has 0 aromatic heterocycles. The number of benzene rings is 1. The third-order valence-corrected chi connectivity index (χ3v) is 6.56. The SMILES string of the molecule is CCc1ccc(C(=O)C(C)S(=O)(=O)CCS(C)(=O)=O)cc1. The Balaban J connectivity index is 2.90. The largest absolute Gasteiger partial charge is 0.293 e. The van der Waals surface area contributed by atoms with Crippen molar-refractivity contribution in [3.63, 3.8) is 0 Å². The number of hydrogen-bond acceptors (Lipinski definition) is 5. The lowest BCUT2D eigenvalue weighted by Gasteiger charge is -2.12. The second-order valence-corrected chi connectivity index (χ2v) is 9.75. The Labute approximate surface area is 126 Å². The molecule has 0 aliphatic heterocycles. The van der Waals surface area contributed by atoms with Crippen molar-refractivity contribution in [2.45, 2.75) is 25.5 Å². The maximum absolute atomic E-state index is 12.2. The summed E-state index contributed by atoms with van der Waals surface area (Å²) < 4.78 is 46.2. The summed E-state index contributed by atoms with van der Waals surface area (Å²) >= 11 is 0. The summed E-state index contributed by atoms with van der Waals surface area (Å²) in [7, 11) is -7.17. The van der Waals surface area contributed by atoms with Crippen LogP contribution in [0.15, 0.2) is 24.3 Å². The van der Waals surface area contributed by atoms with E-state index in [9.17, 15) is 21.6 Å². The fraction of sp³-hybridized carbons (Fsp3) is 0.500. The molecule has 118 valence electrons. The van der Waals surface area contributed by atoms with E-state index in [1.807, 2.05) is 6.92 Å². The molecule has 0 aliphatic rings. The van der Waals surface area contributed by atoms with E-state index in [0.717, 1.165) is 18.2 Å². The van der Waals surface area contributed by atoms with Crippen LogP contribution in [0, 0.1) is 0 Å². The Bertz CT molecular complexity index is 700. The van der Waals surface area contributed by atoms with Gasteiger partial charge in [0.25, 0.3) is 0 Å². The highest BCUT2D eigenvalue weighted by Crippen LogP contribution is 2.13. The van der Waals surface area contributed by atoms with Gasteiger partial charge in [0.1, 0.15) is 15.1 Å². The van der Waals surface area contributed by atoms with E-state index in [1.165, 1.54) is 6.92 Å². The molecule has 0 saturated carbocycles. The first-order chi connectivity index (χ1) is 9.57. The molecule has 0 spiro atoms. The Morgan fingerprint density at radius 1 is 1.05 bits per heavy atom. The zero-order chi connectivity index (χ0) is 16.3. The summed E-state index contributed by atoms with van der Waals surface area (Å²) in [5, 5.41) is -1.24. The first-order valence-corrected chi connectivity index (χ1v) is 10.4. The van der Waals surface area contributed by atoms with Gasteiger partial charge in [0.2, 0.25) is 0 Å². The number of hydrogen-bond donors (Lipinski definition) is 0. The monoisotopic (exact) mass is 332 g/mol. The fourth-order valence-electron chi connectivity index (χ4n) is 1.75. The first kappa shape index (κ1) is 17.8. The lowest BCUT2D eigenvalue weighted by atomic mass is 10.1. The van der Waals surface area contributed by atoms with Crippen molar-refractivity contribution in [2.75, 3.05) is 17.8 Å². The van der Waals surface area contributed by atoms with Crippen LogP contribution < -0.4 is 0 Å².